The maximum absolute atomic E-state index is 13.9. The smallest absolute Gasteiger partial charge is 0.444 e. The first-order valence-corrected chi connectivity index (χ1v) is 8.01. The van der Waals surface area contributed by atoms with Crippen LogP contribution in [0.15, 0.2) is 18.2 Å². The van der Waals surface area contributed by atoms with Crippen molar-refractivity contribution in [1.82, 2.24) is 9.80 Å². The molecule has 0 atom stereocenters. The van der Waals surface area contributed by atoms with E-state index in [0.29, 0.717) is 0 Å². The van der Waals surface area contributed by atoms with E-state index in [4.69, 9.17) is 14.8 Å². The minimum atomic E-state index is -1.78. The molecule has 7 nitrogen and oxygen atoms in total. The zero-order valence-corrected chi connectivity index (χ0v) is 14.5. The second-order valence-corrected chi connectivity index (χ2v) is 6.87. The molecule has 136 valence electrons. The van der Waals surface area contributed by atoms with Gasteiger partial charge < -0.3 is 24.6 Å². The zero-order valence-electron chi connectivity index (χ0n) is 14.5. The minimum absolute atomic E-state index is 0.0390. The summed E-state index contributed by atoms with van der Waals surface area (Å²) < 4.78 is 19.2. The average molecular weight is 352 g/mol. The normalized spacial score (nSPS) is 15.1. The van der Waals surface area contributed by atoms with E-state index in [1.165, 1.54) is 15.9 Å². The highest BCUT2D eigenvalue weighted by Crippen LogP contribution is 2.14. The molecular formula is C16H22BFN2O5. The summed E-state index contributed by atoms with van der Waals surface area (Å²) in [5.74, 6) is -1.28. The van der Waals surface area contributed by atoms with E-state index in [0.717, 1.165) is 12.1 Å². The lowest BCUT2D eigenvalue weighted by atomic mass is 9.79. The number of ether oxygens (including phenoxy) is 1. The molecule has 25 heavy (non-hydrogen) atoms. The third-order valence-corrected chi connectivity index (χ3v) is 3.74. The summed E-state index contributed by atoms with van der Waals surface area (Å²) in [5.41, 5.74) is -0.785. The number of benzene rings is 1. The first-order valence-electron chi connectivity index (χ1n) is 8.01. The Bertz CT molecular complexity index is 654. The predicted molar refractivity (Wildman–Crippen MR) is 89.9 cm³/mol. The fraction of sp³-hybridized carbons (Fsp3) is 0.500. The van der Waals surface area contributed by atoms with Crippen LogP contribution in [0.4, 0.5) is 9.18 Å². The Balaban J connectivity index is 2.02. The Labute approximate surface area is 146 Å². The molecule has 0 unspecified atom stereocenters. The SMILES string of the molecule is CC(C)(C)OC(=O)N1CCN(C(=O)c2cc(B(O)O)ccc2F)CC1. The van der Waals surface area contributed by atoms with Gasteiger partial charge in [0.2, 0.25) is 0 Å². The highest BCUT2D eigenvalue weighted by Gasteiger charge is 2.29. The molecule has 0 bridgehead atoms. The summed E-state index contributed by atoms with van der Waals surface area (Å²) in [6.45, 7) is 6.37. The minimum Gasteiger partial charge on any atom is -0.444 e. The number of rotatable bonds is 2. The van der Waals surface area contributed by atoms with E-state index in [1.807, 2.05) is 0 Å². The predicted octanol–water partition coefficient (Wildman–Crippen LogP) is 0.198. The number of carbonyl (C=O) groups is 2. The summed E-state index contributed by atoms with van der Waals surface area (Å²) >= 11 is 0. The van der Waals surface area contributed by atoms with Gasteiger partial charge in [-0.05, 0) is 38.4 Å². The molecule has 0 spiro atoms. The lowest BCUT2D eigenvalue weighted by Gasteiger charge is -2.35. The molecule has 1 aliphatic rings. The van der Waals surface area contributed by atoms with Gasteiger partial charge in [0.1, 0.15) is 11.4 Å². The first kappa shape index (κ1) is 19.2. The van der Waals surface area contributed by atoms with Crippen molar-refractivity contribution in [3.63, 3.8) is 0 Å². The third-order valence-electron chi connectivity index (χ3n) is 3.74. The molecule has 1 aromatic rings. The van der Waals surface area contributed by atoms with Gasteiger partial charge in [0.05, 0.1) is 5.56 Å². The third kappa shape index (κ3) is 4.93. The Morgan fingerprint density at radius 3 is 2.20 bits per heavy atom. The van der Waals surface area contributed by atoms with Gasteiger partial charge in [-0.2, -0.15) is 0 Å². The molecule has 2 rings (SSSR count). The van der Waals surface area contributed by atoms with Crippen LogP contribution in [0, 0.1) is 5.82 Å². The molecule has 9 heteroatoms. The van der Waals surface area contributed by atoms with Crippen LogP contribution >= 0.6 is 0 Å². The van der Waals surface area contributed by atoms with E-state index < -0.39 is 30.5 Å². The molecule has 1 saturated heterocycles. The van der Waals surface area contributed by atoms with Gasteiger partial charge >= 0.3 is 13.2 Å². The largest absolute Gasteiger partial charge is 0.488 e. The Morgan fingerprint density at radius 2 is 1.68 bits per heavy atom. The van der Waals surface area contributed by atoms with Gasteiger partial charge in [-0.1, -0.05) is 6.07 Å². The van der Waals surface area contributed by atoms with Crippen molar-refractivity contribution in [2.45, 2.75) is 26.4 Å². The van der Waals surface area contributed by atoms with Crippen LogP contribution in [0.5, 0.6) is 0 Å². The van der Waals surface area contributed by atoms with E-state index in [9.17, 15) is 14.0 Å². The van der Waals surface area contributed by atoms with Crippen molar-refractivity contribution in [2.24, 2.45) is 0 Å². The number of hydrogen-bond donors (Lipinski definition) is 2. The molecule has 0 aromatic heterocycles. The van der Waals surface area contributed by atoms with E-state index >= 15 is 0 Å². The van der Waals surface area contributed by atoms with Crippen LogP contribution < -0.4 is 5.46 Å². The molecule has 1 aliphatic heterocycles. The molecule has 2 N–H and O–H groups in total. The molecule has 0 radical (unpaired) electrons. The molecular weight excluding hydrogens is 330 g/mol. The zero-order chi connectivity index (χ0) is 18.8. The van der Waals surface area contributed by atoms with Crippen molar-refractivity contribution in [3.05, 3.63) is 29.6 Å². The number of halogens is 1. The summed E-state index contributed by atoms with van der Waals surface area (Å²) in [6.07, 6.45) is -0.448. The number of piperazine rings is 1. The van der Waals surface area contributed by atoms with Crippen molar-refractivity contribution in [2.75, 3.05) is 26.2 Å². The maximum atomic E-state index is 13.9. The summed E-state index contributed by atoms with van der Waals surface area (Å²) in [7, 11) is -1.78. The molecule has 1 heterocycles. The van der Waals surface area contributed by atoms with Gasteiger partial charge in [-0.3, -0.25) is 4.79 Å². The van der Waals surface area contributed by atoms with E-state index in [2.05, 4.69) is 0 Å². The van der Waals surface area contributed by atoms with Crippen molar-refractivity contribution < 1.29 is 28.8 Å². The number of carbonyl (C=O) groups excluding carboxylic acids is 2. The highest BCUT2D eigenvalue weighted by molar-refractivity contribution is 6.58. The van der Waals surface area contributed by atoms with E-state index in [-0.39, 0.29) is 37.2 Å². The van der Waals surface area contributed by atoms with Gasteiger partial charge in [0, 0.05) is 26.2 Å². The topological polar surface area (TPSA) is 90.3 Å². The summed E-state index contributed by atoms with van der Waals surface area (Å²) in [4.78, 5) is 27.4. The second kappa shape index (κ2) is 7.41. The van der Waals surface area contributed by atoms with Crippen LogP contribution in [0.2, 0.25) is 0 Å². The summed E-state index contributed by atoms with van der Waals surface area (Å²) in [5, 5.41) is 18.3. The first-order chi connectivity index (χ1) is 11.6. The Hall–Kier alpha value is -2.13. The standard InChI is InChI=1S/C16H22BFN2O5/c1-16(2,3)25-15(22)20-8-6-19(7-9-20)14(21)12-10-11(17(23)24)4-5-13(12)18/h4-5,10,23-24H,6-9H2,1-3H3. The van der Waals surface area contributed by atoms with Gasteiger partial charge in [0.15, 0.2) is 0 Å². The molecule has 0 saturated carbocycles. The molecule has 1 aromatic carbocycles. The van der Waals surface area contributed by atoms with Gasteiger partial charge in [-0.25, -0.2) is 9.18 Å². The Morgan fingerprint density at radius 1 is 1.12 bits per heavy atom. The van der Waals surface area contributed by atoms with Crippen molar-refractivity contribution >= 4 is 24.6 Å². The molecule has 1 fully saturated rings. The van der Waals surface area contributed by atoms with Crippen LogP contribution in [0.1, 0.15) is 31.1 Å². The summed E-state index contributed by atoms with van der Waals surface area (Å²) in [6, 6.07) is 3.36. The molecule has 2 amide bonds. The fourth-order valence-corrected chi connectivity index (χ4v) is 2.46. The lowest BCUT2D eigenvalue weighted by Crippen LogP contribution is -2.51. The quantitative estimate of drug-likeness (QED) is 0.742. The number of amides is 2. The van der Waals surface area contributed by atoms with Gasteiger partial charge in [-0.15, -0.1) is 0 Å². The van der Waals surface area contributed by atoms with Crippen LogP contribution in [-0.4, -0.2) is 70.7 Å². The van der Waals surface area contributed by atoms with Crippen molar-refractivity contribution in [3.8, 4) is 0 Å². The number of hydrogen-bond acceptors (Lipinski definition) is 5. The Kier molecular flexibility index (Phi) is 5.69. The monoisotopic (exact) mass is 352 g/mol. The van der Waals surface area contributed by atoms with Crippen LogP contribution in [-0.2, 0) is 4.74 Å². The van der Waals surface area contributed by atoms with Crippen LogP contribution in [0.25, 0.3) is 0 Å². The van der Waals surface area contributed by atoms with Gasteiger partial charge in [0.25, 0.3) is 5.91 Å². The number of nitrogens with zero attached hydrogens (tertiary/aromatic N) is 2. The second-order valence-electron chi connectivity index (χ2n) is 6.87. The van der Waals surface area contributed by atoms with Crippen molar-refractivity contribution in [1.29, 1.82) is 0 Å². The average Bonchev–Trinajstić information content (AvgIpc) is 2.53. The van der Waals surface area contributed by atoms with E-state index in [1.54, 1.807) is 20.8 Å². The molecule has 0 aliphatic carbocycles. The highest BCUT2D eigenvalue weighted by atomic mass is 19.1. The lowest BCUT2D eigenvalue weighted by molar-refractivity contribution is 0.0140. The maximum Gasteiger partial charge on any atom is 0.488 e. The fourth-order valence-electron chi connectivity index (χ4n) is 2.46. The van der Waals surface area contributed by atoms with Crippen LogP contribution in [0.3, 0.4) is 0 Å².